The summed E-state index contributed by atoms with van der Waals surface area (Å²) in [4.78, 5) is 0. The Balaban J connectivity index is 1.78. The van der Waals surface area contributed by atoms with Crippen LogP contribution in [0.1, 0.15) is 33.6 Å². The van der Waals surface area contributed by atoms with Gasteiger partial charge < -0.3 is 15.5 Å². The Labute approximate surface area is 155 Å². The van der Waals surface area contributed by atoms with E-state index in [1.165, 1.54) is 29.3 Å². The molecule has 2 heterocycles. The average Bonchev–Trinajstić information content (AvgIpc) is 2.81. The SMILES string of the molecule is C#CC=CC(=CC)C(O)(O)C1=CC2[NH2+]C(=C1)CC1CC3(C)C1=CC2=C3C. The van der Waals surface area contributed by atoms with Gasteiger partial charge in [0.15, 0.2) is 0 Å². The molecule has 4 bridgehead atoms. The first kappa shape index (κ1) is 17.3. The van der Waals surface area contributed by atoms with Crippen molar-refractivity contribution in [2.75, 3.05) is 0 Å². The van der Waals surface area contributed by atoms with Gasteiger partial charge in [-0.2, -0.15) is 0 Å². The molecule has 3 unspecified atom stereocenters. The molecule has 4 N–H and O–H groups in total. The predicted molar refractivity (Wildman–Crippen MR) is 102 cm³/mol. The van der Waals surface area contributed by atoms with Crippen LogP contribution in [0.15, 0.2) is 70.0 Å². The lowest BCUT2D eigenvalue weighted by Crippen LogP contribution is -2.89. The third kappa shape index (κ3) is 2.27. The lowest BCUT2D eigenvalue weighted by atomic mass is 9.57. The molecule has 3 nitrogen and oxygen atoms in total. The van der Waals surface area contributed by atoms with E-state index in [9.17, 15) is 10.2 Å². The molecule has 3 heteroatoms. The molecular weight excluding hydrogens is 322 g/mol. The van der Waals surface area contributed by atoms with Crippen molar-refractivity contribution in [2.45, 2.75) is 45.4 Å². The highest BCUT2D eigenvalue weighted by atomic mass is 16.5. The van der Waals surface area contributed by atoms with Crippen molar-refractivity contribution in [2.24, 2.45) is 11.3 Å². The monoisotopic (exact) mass is 348 g/mol. The van der Waals surface area contributed by atoms with E-state index in [0.29, 0.717) is 17.1 Å². The van der Waals surface area contributed by atoms with Crippen LogP contribution >= 0.6 is 0 Å². The van der Waals surface area contributed by atoms with Crippen LogP contribution in [0.5, 0.6) is 0 Å². The molecule has 0 amide bonds. The van der Waals surface area contributed by atoms with E-state index in [2.05, 4.69) is 31.2 Å². The van der Waals surface area contributed by atoms with Gasteiger partial charge >= 0.3 is 0 Å². The van der Waals surface area contributed by atoms with E-state index in [4.69, 9.17) is 6.42 Å². The summed E-state index contributed by atoms with van der Waals surface area (Å²) in [6.45, 7) is 6.36. The first-order chi connectivity index (χ1) is 12.3. The molecule has 1 saturated carbocycles. The minimum atomic E-state index is -2.05. The summed E-state index contributed by atoms with van der Waals surface area (Å²) < 4.78 is 0. The second-order valence-corrected chi connectivity index (χ2v) is 8.07. The van der Waals surface area contributed by atoms with Gasteiger partial charge in [-0.25, -0.2) is 0 Å². The number of hydrogen-bond donors (Lipinski definition) is 3. The molecule has 134 valence electrons. The van der Waals surface area contributed by atoms with Crippen molar-refractivity contribution in [1.29, 1.82) is 0 Å². The standard InChI is InChI=1S/C23H25NO2/c1-5-7-8-16(6-2)23(25,26)17-10-18-9-15-13-22(4)14(3)19(12-20(15)22)21(11-17)24-18/h1,6-8,10-12,15,21,24-26H,9,13H2,2-4H3/p+1. The van der Waals surface area contributed by atoms with Gasteiger partial charge in [0, 0.05) is 34.6 Å². The van der Waals surface area contributed by atoms with Gasteiger partial charge in [-0.15, -0.1) is 6.42 Å². The largest absolute Gasteiger partial charge is 0.358 e. The summed E-state index contributed by atoms with van der Waals surface area (Å²) >= 11 is 0. The maximum absolute atomic E-state index is 10.9. The highest BCUT2D eigenvalue weighted by Crippen LogP contribution is 2.61. The summed E-state index contributed by atoms with van der Waals surface area (Å²) in [7, 11) is 0. The fourth-order valence-corrected chi connectivity index (χ4v) is 5.10. The Hall–Kier alpha value is -2.12. The highest BCUT2D eigenvalue weighted by molar-refractivity contribution is 5.56. The predicted octanol–water partition coefficient (Wildman–Crippen LogP) is 2.25. The van der Waals surface area contributed by atoms with Crippen molar-refractivity contribution >= 4 is 0 Å². The lowest BCUT2D eigenvalue weighted by molar-refractivity contribution is -0.628. The molecule has 4 rings (SSSR count). The molecule has 0 saturated heterocycles. The van der Waals surface area contributed by atoms with E-state index in [1.807, 2.05) is 12.2 Å². The van der Waals surface area contributed by atoms with E-state index in [-0.39, 0.29) is 11.5 Å². The zero-order chi connectivity index (χ0) is 18.7. The highest BCUT2D eigenvalue weighted by Gasteiger charge is 2.53. The Bertz CT molecular complexity index is 901. The lowest BCUT2D eigenvalue weighted by Gasteiger charge is -2.47. The number of fused-ring (bicyclic) bond motifs is 4. The zero-order valence-corrected chi connectivity index (χ0v) is 15.6. The number of hydrogen-bond acceptors (Lipinski definition) is 2. The smallest absolute Gasteiger partial charge is 0.217 e. The molecule has 0 aromatic rings. The van der Waals surface area contributed by atoms with Crippen molar-refractivity contribution in [1.82, 2.24) is 0 Å². The maximum atomic E-state index is 10.9. The molecule has 4 aliphatic rings. The maximum Gasteiger partial charge on any atom is 0.217 e. The first-order valence-electron chi connectivity index (χ1n) is 9.26. The second-order valence-electron chi connectivity index (χ2n) is 8.07. The van der Waals surface area contributed by atoms with Crippen LogP contribution in [0.2, 0.25) is 0 Å². The van der Waals surface area contributed by atoms with Crippen LogP contribution in [0.4, 0.5) is 0 Å². The molecule has 1 fully saturated rings. The van der Waals surface area contributed by atoms with Gasteiger partial charge in [0.25, 0.3) is 0 Å². The molecule has 3 atom stereocenters. The number of nitrogens with two attached hydrogens (primary N) is 1. The second kappa shape index (κ2) is 5.69. The van der Waals surface area contributed by atoms with Crippen molar-refractivity contribution in [3.8, 4) is 12.3 Å². The van der Waals surface area contributed by atoms with Crippen LogP contribution in [0.3, 0.4) is 0 Å². The molecule has 0 aromatic carbocycles. The zero-order valence-electron chi connectivity index (χ0n) is 15.6. The Morgan fingerprint density at radius 1 is 1.42 bits per heavy atom. The Morgan fingerprint density at radius 3 is 2.88 bits per heavy atom. The summed E-state index contributed by atoms with van der Waals surface area (Å²) in [6.07, 6.45) is 18.5. The number of aliphatic hydroxyl groups is 2. The molecule has 0 spiro atoms. The first-order valence-corrected chi connectivity index (χ1v) is 9.26. The van der Waals surface area contributed by atoms with Crippen LogP contribution in [-0.4, -0.2) is 22.0 Å². The number of terminal acetylenes is 1. The number of quaternary nitrogens is 1. The van der Waals surface area contributed by atoms with Gasteiger partial charge in [0.2, 0.25) is 5.79 Å². The number of allylic oxidation sites excluding steroid dienone is 5. The molecule has 2 aliphatic carbocycles. The van der Waals surface area contributed by atoms with Crippen molar-refractivity contribution in [3.63, 3.8) is 0 Å². The van der Waals surface area contributed by atoms with E-state index >= 15 is 0 Å². The van der Waals surface area contributed by atoms with Gasteiger partial charge in [0.05, 0.1) is 0 Å². The molecule has 2 aliphatic heterocycles. The summed E-state index contributed by atoms with van der Waals surface area (Å²) in [5.41, 5.74) is 6.66. The van der Waals surface area contributed by atoms with Crippen LogP contribution in [-0.2, 0) is 0 Å². The quantitative estimate of drug-likeness (QED) is 0.416. The van der Waals surface area contributed by atoms with Crippen LogP contribution in [0.25, 0.3) is 0 Å². The fraction of sp³-hybridized carbons (Fsp3) is 0.391. The van der Waals surface area contributed by atoms with Crippen molar-refractivity contribution < 1.29 is 15.5 Å². The topological polar surface area (TPSA) is 57.1 Å². The van der Waals surface area contributed by atoms with E-state index in [0.717, 1.165) is 6.42 Å². The molecule has 0 radical (unpaired) electrons. The van der Waals surface area contributed by atoms with Gasteiger partial charge in [-0.05, 0) is 44.4 Å². The summed E-state index contributed by atoms with van der Waals surface area (Å²) in [5, 5.41) is 24.1. The van der Waals surface area contributed by atoms with E-state index < -0.39 is 5.79 Å². The molecule has 26 heavy (non-hydrogen) atoms. The Morgan fingerprint density at radius 2 is 2.19 bits per heavy atom. The minimum absolute atomic E-state index is 0.0919. The normalized spacial score (nSPS) is 33.1. The molecule has 0 aromatic heterocycles. The van der Waals surface area contributed by atoms with Gasteiger partial charge in [0.1, 0.15) is 11.7 Å². The van der Waals surface area contributed by atoms with Gasteiger partial charge in [-0.1, -0.05) is 36.1 Å². The van der Waals surface area contributed by atoms with Crippen LogP contribution < -0.4 is 5.32 Å². The van der Waals surface area contributed by atoms with Gasteiger partial charge in [-0.3, -0.25) is 0 Å². The Kier molecular flexibility index (Phi) is 3.79. The van der Waals surface area contributed by atoms with Crippen LogP contribution in [0, 0.1) is 23.7 Å². The molecular formula is C23H26NO2+. The fourth-order valence-electron chi connectivity index (χ4n) is 5.10. The minimum Gasteiger partial charge on any atom is -0.358 e. The third-order valence-electron chi connectivity index (χ3n) is 6.71. The van der Waals surface area contributed by atoms with Crippen molar-refractivity contribution in [3.05, 3.63) is 70.0 Å². The average molecular weight is 348 g/mol. The summed E-state index contributed by atoms with van der Waals surface area (Å²) in [6, 6.07) is 0.0919. The summed E-state index contributed by atoms with van der Waals surface area (Å²) in [5.74, 6) is 0.932. The number of rotatable bonds is 3. The van der Waals surface area contributed by atoms with E-state index in [1.54, 1.807) is 24.6 Å². The third-order valence-corrected chi connectivity index (χ3v) is 6.71.